The molecule has 0 radical (unpaired) electrons. The molecule has 0 saturated heterocycles. The first-order valence-corrected chi connectivity index (χ1v) is 5.00. The SMILES string of the molecule is CN(C)c1ncc(C2(CN)CC2)n1C. The second kappa shape index (κ2) is 2.98. The van der Waals surface area contributed by atoms with Crippen molar-refractivity contribution in [1.29, 1.82) is 0 Å². The molecule has 1 aliphatic carbocycles. The molecule has 0 spiro atoms. The van der Waals surface area contributed by atoms with Gasteiger partial charge in [-0.2, -0.15) is 0 Å². The zero-order valence-corrected chi connectivity index (χ0v) is 9.12. The zero-order valence-electron chi connectivity index (χ0n) is 9.12. The van der Waals surface area contributed by atoms with Crippen molar-refractivity contribution in [2.45, 2.75) is 18.3 Å². The first-order chi connectivity index (χ1) is 6.60. The second-order valence-corrected chi connectivity index (χ2v) is 4.38. The molecule has 2 rings (SSSR count). The highest BCUT2D eigenvalue weighted by atomic mass is 15.3. The summed E-state index contributed by atoms with van der Waals surface area (Å²) in [5.41, 5.74) is 7.31. The van der Waals surface area contributed by atoms with Crippen molar-refractivity contribution in [3.8, 4) is 0 Å². The summed E-state index contributed by atoms with van der Waals surface area (Å²) < 4.78 is 2.15. The van der Waals surface area contributed by atoms with Crippen LogP contribution in [-0.2, 0) is 12.5 Å². The molecule has 1 fully saturated rings. The summed E-state index contributed by atoms with van der Waals surface area (Å²) in [5, 5.41) is 0. The Morgan fingerprint density at radius 2 is 2.21 bits per heavy atom. The number of nitrogens with two attached hydrogens (primary N) is 1. The average Bonchev–Trinajstić information content (AvgIpc) is 2.84. The molecule has 4 heteroatoms. The van der Waals surface area contributed by atoms with Crippen molar-refractivity contribution in [3.05, 3.63) is 11.9 Å². The number of rotatable bonds is 3. The van der Waals surface area contributed by atoms with E-state index < -0.39 is 0 Å². The lowest BCUT2D eigenvalue weighted by Gasteiger charge is -2.16. The molecule has 0 aromatic carbocycles. The number of aromatic nitrogens is 2. The van der Waals surface area contributed by atoms with Crippen LogP contribution in [0.4, 0.5) is 5.95 Å². The Balaban J connectivity index is 2.36. The Kier molecular flexibility index (Phi) is 2.03. The maximum atomic E-state index is 5.80. The van der Waals surface area contributed by atoms with Gasteiger partial charge in [-0.3, -0.25) is 0 Å². The van der Waals surface area contributed by atoms with Gasteiger partial charge in [0, 0.05) is 38.8 Å². The number of imidazole rings is 1. The summed E-state index contributed by atoms with van der Waals surface area (Å²) in [4.78, 5) is 6.43. The fraction of sp³-hybridized carbons (Fsp3) is 0.700. The molecular weight excluding hydrogens is 176 g/mol. The van der Waals surface area contributed by atoms with E-state index >= 15 is 0 Å². The monoisotopic (exact) mass is 194 g/mol. The highest BCUT2D eigenvalue weighted by Crippen LogP contribution is 2.47. The third-order valence-corrected chi connectivity index (χ3v) is 3.15. The smallest absolute Gasteiger partial charge is 0.204 e. The molecule has 1 heterocycles. The molecule has 1 aromatic rings. The van der Waals surface area contributed by atoms with E-state index in [1.807, 2.05) is 25.2 Å². The Bertz CT molecular complexity index is 336. The van der Waals surface area contributed by atoms with Gasteiger partial charge in [-0.25, -0.2) is 4.98 Å². The molecule has 0 unspecified atom stereocenters. The molecule has 0 bridgehead atoms. The summed E-state index contributed by atoms with van der Waals surface area (Å²) >= 11 is 0. The molecule has 1 saturated carbocycles. The third kappa shape index (κ3) is 1.21. The van der Waals surface area contributed by atoms with Crippen molar-refractivity contribution in [3.63, 3.8) is 0 Å². The number of nitrogens with zero attached hydrogens (tertiary/aromatic N) is 3. The molecule has 0 amide bonds. The third-order valence-electron chi connectivity index (χ3n) is 3.15. The Labute approximate surface area is 84.7 Å². The van der Waals surface area contributed by atoms with E-state index in [1.165, 1.54) is 18.5 Å². The van der Waals surface area contributed by atoms with E-state index in [0.29, 0.717) is 0 Å². The van der Waals surface area contributed by atoms with Crippen LogP contribution in [0.1, 0.15) is 18.5 Å². The van der Waals surface area contributed by atoms with Crippen molar-refractivity contribution in [1.82, 2.24) is 9.55 Å². The molecular formula is C10H18N4. The predicted octanol–water partition coefficient (Wildman–Crippen LogP) is 0.476. The van der Waals surface area contributed by atoms with Crippen LogP contribution in [-0.4, -0.2) is 30.2 Å². The summed E-state index contributed by atoms with van der Waals surface area (Å²) in [6.45, 7) is 0.736. The minimum absolute atomic E-state index is 0.232. The van der Waals surface area contributed by atoms with Crippen LogP contribution in [0.2, 0.25) is 0 Å². The van der Waals surface area contributed by atoms with E-state index in [4.69, 9.17) is 5.73 Å². The normalized spacial score (nSPS) is 18.3. The van der Waals surface area contributed by atoms with Crippen LogP contribution in [0.25, 0.3) is 0 Å². The molecule has 4 nitrogen and oxygen atoms in total. The van der Waals surface area contributed by atoms with Crippen molar-refractivity contribution in [2.75, 3.05) is 25.5 Å². The Hall–Kier alpha value is -1.03. The number of hydrogen-bond acceptors (Lipinski definition) is 3. The Morgan fingerprint density at radius 1 is 1.57 bits per heavy atom. The van der Waals surface area contributed by atoms with Gasteiger partial charge in [-0.05, 0) is 12.8 Å². The Morgan fingerprint density at radius 3 is 2.57 bits per heavy atom. The maximum Gasteiger partial charge on any atom is 0.204 e. The van der Waals surface area contributed by atoms with Gasteiger partial charge < -0.3 is 15.2 Å². The van der Waals surface area contributed by atoms with Gasteiger partial charge in [0.2, 0.25) is 5.95 Å². The number of anilines is 1. The quantitative estimate of drug-likeness (QED) is 0.761. The largest absolute Gasteiger partial charge is 0.348 e. The van der Waals surface area contributed by atoms with Crippen LogP contribution in [0.5, 0.6) is 0 Å². The van der Waals surface area contributed by atoms with E-state index in [0.717, 1.165) is 12.5 Å². The highest BCUT2D eigenvalue weighted by Gasteiger charge is 2.45. The lowest BCUT2D eigenvalue weighted by molar-refractivity contribution is 0.637. The van der Waals surface area contributed by atoms with Crippen LogP contribution in [0.3, 0.4) is 0 Å². The minimum Gasteiger partial charge on any atom is -0.348 e. The average molecular weight is 194 g/mol. The molecule has 0 aliphatic heterocycles. The minimum atomic E-state index is 0.232. The summed E-state index contributed by atoms with van der Waals surface area (Å²) in [7, 11) is 6.08. The van der Waals surface area contributed by atoms with Gasteiger partial charge in [-0.1, -0.05) is 0 Å². The van der Waals surface area contributed by atoms with Crippen LogP contribution in [0.15, 0.2) is 6.20 Å². The van der Waals surface area contributed by atoms with E-state index in [-0.39, 0.29) is 5.41 Å². The van der Waals surface area contributed by atoms with Crippen molar-refractivity contribution < 1.29 is 0 Å². The van der Waals surface area contributed by atoms with Gasteiger partial charge in [0.15, 0.2) is 0 Å². The summed E-state index contributed by atoms with van der Waals surface area (Å²) in [6, 6.07) is 0. The predicted molar refractivity (Wildman–Crippen MR) is 57.5 cm³/mol. The molecule has 1 aromatic heterocycles. The van der Waals surface area contributed by atoms with Crippen molar-refractivity contribution >= 4 is 5.95 Å². The molecule has 14 heavy (non-hydrogen) atoms. The lowest BCUT2D eigenvalue weighted by atomic mass is 10.0. The van der Waals surface area contributed by atoms with Gasteiger partial charge in [-0.15, -0.1) is 0 Å². The van der Waals surface area contributed by atoms with E-state index in [9.17, 15) is 0 Å². The fourth-order valence-electron chi connectivity index (χ4n) is 2.02. The van der Waals surface area contributed by atoms with E-state index in [1.54, 1.807) is 0 Å². The molecule has 0 atom stereocenters. The first-order valence-electron chi connectivity index (χ1n) is 5.00. The van der Waals surface area contributed by atoms with Gasteiger partial charge in [0.05, 0.1) is 6.20 Å². The summed E-state index contributed by atoms with van der Waals surface area (Å²) in [6.07, 6.45) is 4.38. The maximum absolute atomic E-state index is 5.80. The second-order valence-electron chi connectivity index (χ2n) is 4.38. The summed E-state index contributed by atoms with van der Waals surface area (Å²) in [5.74, 6) is 1.000. The fourth-order valence-corrected chi connectivity index (χ4v) is 2.02. The zero-order chi connectivity index (χ0) is 10.3. The van der Waals surface area contributed by atoms with Gasteiger partial charge >= 0.3 is 0 Å². The standard InChI is InChI=1S/C10H18N4/c1-13(2)9-12-6-8(14(9)3)10(7-11)4-5-10/h6H,4-5,7,11H2,1-3H3. The molecule has 1 aliphatic rings. The van der Waals surface area contributed by atoms with Crippen LogP contribution in [0, 0.1) is 0 Å². The topological polar surface area (TPSA) is 47.1 Å². The number of hydrogen-bond donors (Lipinski definition) is 1. The molecule has 78 valence electrons. The van der Waals surface area contributed by atoms with Gasteiger partial charge in [0.1, 0.15) is 0 Å². The van der Waals surface area contributed by atoms with Crippen molar-refractivity contribution in [2.24, 2.45) is 12.8 Å². The van der Waals surface area contributed by atoms with Gasteiger partial charge in [0.25, 0.3) is 0 Å². The first kappa shape index (κ1) is 9.52. The van der Waals surface area contributed by atoms with E-state index in [2.05, 4.69) is 16.6 Å². The lowest BCUT2D eigenvalue weighted by Crippen LogP contribution is -2.23. The highest BCUT2D eigenvalue weighted by molar-refractivity contribution is 5.36. The van der Waals surface area contributed by atoms with Crippen LogP contribution < -0.4 is 10.6 Å². The molecule has 2 N–H and O–H groups in total. The van der Waals surface area contributed by atoms with Crippen LogP contribution >= 0.6 is 0 Å².